The summed E-state index contributed by atoms with van der Waals surface area (Å²) >= 11 is 0. The number of carbonyl (C=O) groups is 1. The third-order valence-corrected chi connectivity index (χ3v) is 6.26. The maximum absolute atomic E-state index is 12.6. The summed E-state index contributed by atoms with van der Waals surface area (Å²) in [5, 5.41) is 12.9. The fourth-order valence-corrected chi connectivity index (χ4v) is 4.38. The standard InChI is InChI=1S/C20H24N2O4S/c1-20(2)13-19(24)22-17-9-8-15(12-16(17)20)27(25,26)21-11-10-18(23)14-6-4-3-5-7-14/h3-9,12,18,21,23H,10-11,13H2,1-2H3,(H,22,24). The molecule has 1 amide bonds. The number of hydrogen-bond donors (Lipinski definition) is 3. The van der Waals surface area contributed by atoms with Gasteiger partial charge >= 0.3 is 0 Å². The minimum atomic E-state index is -3.71. The molecule has 1 heterocycles. The van der Waals surface area contributed by atoms with Gasteiger partial charge in [-0.2, -0.15) is 0 Å². The second-order valence-corrected chi connectivity index (χ2v) is 9.20. The summed E-state index contributed by atoms with van der Waals surface area (Å²) in [5.74, 6) is -0.0730. The van der Waals surface area contributed by atoms with E-state index in [1.807, 2.05) is 32.0 Å². The maximum Gasteiger partial charge on any atom is 0.240 e. The molecule has 2 aromatic rings. The van der Waals surface area contributed by atoms with Gasteiger partial charge in [0, 0.05) is 24.1 Å². The molecule has 27 heavy (non-hydrogen) atoms. The second-order valence-electron chi connectivity index (χ2n) is 7.43. The van der Waals surface area contributed by atoms with Crippen LogP contribution in [0.2, 0.25) is 0 Å². The lowest BCUT2D eigenvalue weighted by atomic mass is 9.78. The summed E-state index contributed by atoms with van der Waals surface area (Å²) in [4.78, 5) is 11.9. The van der Waals surface area contributed by atoms with E-state index >= 15 is 0 Å². The highest BCUT2D eigenvalue weighted by atomic mass is 32.2. The number of amides is 1. The Hall–Kier alpha value is -2.22. The highest BCUT2D eigenvalue weighted by Gasteiger charge is 2.33. The Morgan fingerprint density at radius 3 is 2.59 bits per heavy atom. The number of nitrogens with one attached hydrogen (secondary N) is 2. The monoisotopic (exact) mass is 388 g/mol. The van der Waals surface area contributed by atoms with Crippen molar-refractivity contribution in [2.24, 2.45) is 0 Å². The van der Waals surface area contributed by atoms with E-state index in [0.29, 0.717) is 12.1 Å². The number of anilines is 1. The summed E-state index contributed by atoms with van der Waals surface area (Å²) in [6, 6.07) is 13.9. The molecular weight excluding hydrogens is 364 g/mol. The normalized spacial score (nSPS) is 17.1. The van der Waals surface area contributed by atoms with Gasteiger partial charge in [-0.15, -0.1) is 0 Å². The van der Waals surface area contributed by atoms with Gasteiger partial charge in [-0.3, -0.25) is 4.79 Å². The number of rotatable bonds is 6. The number of sulfonamides is 1. The van der Waals surface area contributed by atoms with Crippen LogP contribution in [0.25, 0.3) is 0 Å². The number of fused-ring (bicyclic) bond motifs is 1. The third kappa shape index (κ3) is 4.37. The van der Waals surface area contributed by atoms with Crippen molar-refractivity contribution in [1.82, 2.24) is 4.72 Å². The van der Waals surface area contributed by atoms with Crippen LogP contribution in [0.15, 0.2) is 53.4 Å². The molecule has 144 valence electrons. The molecule has 3 rings (SSSR count). The van der Waals surface area contributed by atoms with Gasteiger partial charge < -0.3 is 10.4 Å². The third-order valence-electron chi connectivity index (χ3n) is 4.80. The van der Waals surface area contributed by atoms with Gasteiger partial charge in [-0.05, 0) is 35.7 Å². The molecule has 0 aromatic heterocycles. The molecule has 1 unspecified atom stereocenters. The van der Waals surface area contributed by atoms with Crippen LogP contribution in [0.5, 0.6) is 0 Å². The van der Waals surface area contributed by atoms with Gasteiger partial charge in [0.15, 0.2) is 0 Å². The van der Waals surface area contributed by atoms with Crippen LogP contribution < -0.4 is 10.0 Å². The number of benzene rings is 2. The second kappa shape index (κ2) is 7.42. The SMILES string of the molecule is CC1(C)CC(=O)Nc2ccc(S(=O)(=O)NCCC(O)c3ccccc3)cc21. The lowest BCUT2D eigenvalue weighted by molar-refractivity contribution is -0.117. The zero-order chi connectivity index (χ0) is 19.7. The van der Waals surface area contributed by atoms with Gasteiger partial charge in [0.25, 0.3) is 0 Å². The smallest absolute Gasteiger partial charge is 0.240 e. The Balaban J connectivity index is 1.71. The van der Waals surface area contributed by atoms with E-state index < -0.39 is 21.5 Å². The Morgan fingerprint density at radius 2 is 1.89 bits per heavy atom. The Kier molecular flexibility index (Phi) is 5.37. The molecule has 2 aromatic carbocycles. The first kappa shape index (κ1) is 19.5. The van der Waals surface area contributed by atoms with E-state index in [1.54, 1.807) is 24.3 Å². The first-order valence-electron chi connectivity index (χ1n) is 8.86. The van der Waals surface area contributed by atoms with E-state index in [-0.39, 0.29) is 23.8 Å². The van der Waals surface area contributed by atoms with Gasteiger partial charge in [0.2, 0.25) is 15.9 Å². The number of aliphatic hydroxyl groups is 1. The van der Waals surface area contributed by atoms with Crippen molar-refractivity contribution in [3.05, 3.63) is 59.7 Å². The minimum absolute atomic E-state index is 0.0730. The predicted octanol–water partition coefficient (Wildman–Crippen LogP) is 2.71. The fourth-order valence-electron chi connectivity index (χ4n) is 3.31. The first-order valence-corrected chi connectivity index (χ1v) is 10.3. The van der Waals surface area contributed by atoms with Crippen LogP contribution in [0, 0.1) is 0 Å². The Bertz CT molecular complexity index is 940. The molecule has 0 bridgehead atoms. The van der Waals surface area contributed by atoms with Crippen LogP contribution in [0.4, 0.5) is 5.69 Å². The average Bonchev–Trinajstić information content (AvgIpc) is 2.61. The molecule has 0 saturated heterocycles. The Morgan fingerprint density at radius 1 is 1.19 bits per heavy atom. The highest BCUT2D eigenvalue weighted by Crippen LogP contribution is 2.38. The lowest BCUT2D eigenvalue weighted by Crippen LogP contribution is -2.33. The summed E-state index contributed by atoms with van der Waals surface area (Å²) in [6.07, 6.45) is -0.151. The van der Waals surface area contributed by atoms with Crippen molar-refractivity contribution < 1.29 is 18.3 Å². The van der Waals surface area contributed by atoms with Crippen molar-refractivity contribution in [2.45, 2.75) is 43.1 Å². The quantitative estimate of drug-likeness (QED) is 0.709. The molecular formula is C20H24N2O4S. The minimum Gasteiger partial charge on any atom is -0.388 e. The maximum atomic E-state index is 12.6. The Labute approximate surface area is 159 Å². The number of hydrogen-bond acceptors (Lipinski definition) is 4. The van der Waals surface area contributed by atoms with E-state index in [9.17, 15) is 18.3 Å². The molecule has 3 N–H and O–H groups in total. The van der Waals surface area contributed by atoms with E-state index in [0.717, 1.165) is 11.1 Å². The fraction of sp³-hybridized carbons (Fsp3) is 0.350. The van der Waals surface area contributed by atoms with Crippen LogP contribution in [-0.2, 0) is 20.2 Å². The molecule has 1 aliphatic rings. The van der Waals surface area contributed by atoms with Crippen LogP contribution in [0.3, 0.4) is 0 Å². The molecule has 1 aliphatic heterocycles. The molecule has 6 nitrogen and oxygen atoms in total. The van der Waals surface area contributed by atoms with Gasteiger partial charge in [0.1, 0.15) is 0 Å². The van der Waals surface area contributed by atoms with Crippen molar-refractivity contribution in [1.29, 1.82) is 0 Å². The molecule has 0 spiro atoms. The van der Waals surface area contributed by atoms with Crippen molar-refractivity contribution in [3.63, 3.8) is 0 Å². The predicted molar refractivity (Wildman–Crippen MR) is 104 cm³/mol. The summed E-state index contributed by atoms with van der Waals surface area (Å²) < 4.78 is 27.8. The summed E-state index contributed by atoms with van der Waals surface area (Å²) in [7, 11) is -3.71. The van der Waals surface area contributed by atoms with Crippen LogP contribution in [-0.4, -0.2) is 26.0 Å². The summed E-state index contributed by atoms with van der Waals surface area (Å²) in [5.41, 5.74) is 1.76. The van der Waals surface area contributed by atoms with Crippen molar-refractivity contribution >= 4 is 21.6 Å². The van der Waals surface area contributed by atoms with Gasteiger partial charge in [0.05, 0.1) is 11.0 Å². The molecule has 0 saturated carbocycles. The zero-order valence-electron chi connectivity index (χ0n) is 15.4. The van der Waals surface area contributed by atoms with E-state index in [1.165, 1.54) is 6.07 Å². The molecule has 0 fully saturated rings. The molecule has 1 atom stereocenters. The number of aliphatic hydroxyl groups excluding tert-OH is 1. The van der Waals surface area contributed by atoms with E-state index in [2.05, 4.69) is 10.0 Å². The van der Waals surface area contributed by atoms with Crippen LogP contribution in [0.1, 0.15) is 43.9 Å². The molecule has 0 radical (unpaired) electrons. The largest absolute Gasteiger partial charge is 0.388 e. The topological polar surface area (TPSA) is 95.5 Å². The van der Waals surface area contributed by atoms with Crippen molar-refractivity contribution in [3.8, 4) is 0 Å². The molecule has 7 heteroatoms. The molecule has 0 aliphatic carbocycles. The van der Waals surface area contributed by atoms with Gasteiger partial charge in [-0.1, -0.05) is 44.2 Å². The van der Waals surface area contributed by atoms with Gasteiger partial charge in [-0.25, -0.2) is 13.1 Å². The van der Waals surface area contributed by atoms with Crippen LogP contribution >= 0.6 is 0 Å². The summed E-state index contributed by atoms with van der Waals surface area (Å²) in [6.45, 7) is 3.96. The highest BCUT2D eigenvalue weighted by molar-refractivity contribution is 7.89. The van der Waals surface area contributed by atoms with Crippen molar-refractivity contribution in [2.75, 3.05) is 11.9 Å². The number of carbonyl (C=O) groups excluding carboxylic acids is 1. The zero-order valence-corrected chi connectivity index (χ0v) is 16.2. The first-order chi connectivity index (χ1) is 12.7. The van der Waals surface area contributed by atoms with E-state index in [4.69, 9.17) is 0 Å². The lowest BCUT2D eigenvalue weighted by Gasteiger charge is -2.32. The average molecular weight is 388 g/mol.